The van der Waals surface area contributed by atoms with Crippen molar-refractivity contribution in [2.45, 2.75) is 6.92 Å². The average Bonchev–Trinajstić information content (AvgIpc) is 2.20. The first-order chi connectivity index (χ1) is 7.61. The van der Waals surface area contributed by atoms with E-state index < -0.39 is 0 Å². The summed E-state index contributed by atoms with van der Waals surface area (Å²) in [6.07, 6.45) is 0. The van der Waals surface area contributed by atoms with Gasteiger partial charge in [0.25, 0.3) is 5.91 Å². The maximum atomic E-state index is 12.0. The van der Waals surface area contributed by atoms with Crippen molar-refractivity contribution in [3.63, 3.8) is 0 Å². The molecule has 2 rings (SSSR count). The van der Waals surface area contributed by atoms with Gasteiger partial charge in [0.05, 0.1) is 17.6 Å². The van der Waals surface area contributed by atoms with Gasteiger partial charge in [0.1, 0.15) is 0 Å². The van der Waals surface area contributed by atoms with Crippen LogP contribution in [-0.4, -0.2) is 23.9 Å². The van der Waals surface area contributed by atoms with Gasteiger partial charge in [-0.2, -0.15) is 5.26 Å². The van der Waals surface area contributed by atoms with Crippen molar-refractivity contribution in [3.05, 3.63) is 33.8 Å². The number of hydrogen-bond acceptors (Lipinski definition) is 2. The second-order valence-electron chi connectivity index (χ2n) is 4.02. The van der Waals surface area contributed by atoms with Crippen molar-refractivity contribution in [2.75, 3.05) is 13.1 Å². The van der Waals surface area contributed by atoms with E-state index in [2.05, 4.69) is 22.0 Å². The number of benzene rings is 1. The van der Waals surface area contributed by atoms with E-state index in [1.807, 2.05) is 25.1 Å². The summed E-state index contributed by atoms with van der Waals surface area (Å²) in [4.78, 5) is 13.7. The molecule has 0 unspecified atom stereocenters. The molecular formula is C12H11BrN2O. The Bertz CT molecular complexity index is 472. The van der Waals surface area contributed by atoms with Crippen LogP contribution in [0, 0.1) is 24.2 Å². The smallest absolute Gasteiger partial charge is 0.255 e. The molecule has 0 N–H and O–H groups in total. The number of nitrogens with zero attached hydrogens (tertiary/aromatic N) is 2. The highest BCUT2D eigenvalue weighted by atomic mass is 79.9. The van der Waals surface area contributed by atoms with Crippen molar-refractivity contribution in [1.82, 2.24) is 4.90 Å². The fourth-order valence-corrected chi connectivity index (χ4v) is 2.12. The standard InChI is InChI=1S/C12H11BrN2O/c1-8-2-3-11(13)10(4-8)12(16)15-6-9(5-14)7-15/h2-4,9H,6-7H2,1H3. The number of amides is 1. The first-order valence-corrected chi connectivity index (χ1v) is 5.86. The van der Waals surface area contributed by atoms with Crippen molar-refractivity contribution in [1.29, 1.82) is 5.26 Å². The maximum Gasteiger partial charge on any atom is 0.255 e. The van der Waals surface area contributed by atoms with E-state index in [0.717, 1.165) is 10.0 Å². The summed E-state index contributed by atoms with van der Waals surface area (Å²) in [5.41, 5.74) is 1.74. The molecule has 1 aromatic carbocycles. The number of carbonyl (C=O) groups is 1. The first-order valence-electron chi connectivity index (χ1n) is 5.07. The lowest BCUT2D eigenvalue weighted by molar-refractivity contribution is 0.0576. The predicted molar refractivity (Wildman–Crippen MR) is 63.9 cm³/mol. The lowest BCUT2D eigenvalue weighted by atomic mass is 10.0. The molecule has 16 heavy (non-hydrogen) atoms. The Morgan fingerprint density at radius 2 is 2.25 bits per heavy atom. The summed E-state index contributed by atoms with van der Waals surface area (Å²) in [5.74, 6) is 0.00890. The molecule has 3 nitrogen and oxygen atoms in total. The minimum Gasteiger partial charge on any atom is -0.336 e. The molecule has 0 radical (unpaired) electrons. The van der Waals surface area contributed by atoms with Crippen LogP contribution >= 0.6 is 15.9 Å². The summed E-state index contributed by atoms with van der Waals surface area (Å²) < 4.78 is 0.809. The van der Waals surface area contributed by atoms with Gasteiger partial charge in [-0.3, -0.25) is 4.79 Å². The van der Waals surface area contributed by atoms with E-state index in [1.54, 1.807) is 4.90 Å². The van der Waals surface area contributed by atoms with Gasteiger partial charge in [0.15, 0.2) is 0 Å². The lowest BCUT2D eigenvalue weighted by Crippen LogP contribution is -2.49. The molecule has 0 saturated carbocycles. The largest absolute Gasteiger partial charge is 0.336 e. The zero-order chi connectivity index (χ0) is 11.7. The number of rotatable bonds is 1. The quantitative estimate of drug-likeness (QED) is 0.792. The SMILES string of the molecule is Cc1ccc(Br)c(C(=O)N2CC(C#N)C2)c1. The van der Waals surface area contributed by atoms with E-state index in [1.165, 1.54) is 0 Å². The molecule has 1 heterocycles. The molecule has 0 aromatic heterocycles. The Morgan fingerprint density at radius 1 is 1.56 bits per heavy atom. The van der Waals surface area contributed by atoms with Crippen LogP contribution in [0.2, 0.25) is 0 Å². The molecule has 1 fully saturated rings. The molecule has 1 amide bonds. The van der Waals surface area contributed by atoms with Gasteiger partial charge in [0.2, 0.25) is 0 Å². The van der Waals surface area contributed by atoms with Gasteiger partial charge >= 0.3 is 0 Å². The van der Waals surface area contributed by atoms with Crippen LogP contribution in [0.3, 0.4) is 0 Å². The van der Waals surface area contributed by atoms with Crippen LogP contribution in [-0.2, 0) is 0 Å². The highest BCUT2D eigenvalue weighted by molar-refractivity contribution is 9.10. The predicted octanol–water partition coefficient (Wildman–Crippen LogP) is 2.35. The third-order valence-electron chi connectivity index (χ3n) is 2.70. The number of carbonyl (C=O) groups excluding carboxylic acids is 1. The Balaban J connectivity index is 2.16. The summed E-state index contributed by atoms with van der Waals surface area (Å²) in [5, 5.41) is 8.66. The van der Waals surface area contributed by atoms with Gasteiger partial charge in [-0.15, -0.1) is 0 Å². The Labute approximate surface area is 103 Å². The molecule has 1 aliphatic rings. The maximum absolute atomic E-state index is 12.0. The highest BCUT2D eigenvalue weighted by Crippen LogP contribution is 2.23. The average molecular weight is 279 g/mol. The van der Waals surface area contributed by atoms with Crippen molar-refractivity contribution in [3.8, 4) is 6.07 Å². The monoisotopic (exact) mass is 278 g/mol. The summed E-state index contributed by atoms with van der Waals surface area (Å²) >= 11 is 3.37. The molecule has 0 bridgehead atoms. The van der Waals surface area contributed by atoms with Gasteiger partial charge in [-0.05, 0) is 35.0 Å². The second-order valence-corrected chi connectivity index (χ2v) is 4.87. The van der Waals surface area contributed by atoms with E-state index in [4.69, 9.17) is 5.26 Å². The zero-order valence-electron chi connectivity index (χ0n) is 8.90. The van der Waals surface area contributed by atoms with E-state index >= 15 is 0 Å². The highest BCUT2D eigenvalue weighted by Gasteiger charge is 2.31. The molecule has 0 spiro atoms. The zero-order valence-corrected chi connectivity index (χ0v) is 10.5. The second kappa shape index (κ2) is 4.26. The summed E-state index contributed by atoms with van der Waals surface area (Å²) in [7, 11) is 0. The van der Waals surface area contributed by atoms with Crippen molar-refractivity contribution < 1.29 is 4.79 Å². The molecular weight excluding hydrogens is 268 g/mol. The van der Waals surface area contributed by atoms with Crippen LogP contribution in [0.25, 0.3) is 0 Å². The first kappa shape index (κ1) is 11.2. The minimum atomic E-state index is 0.00192. The summed E-state index contributed by atoms with van der Waals surface area (Å²) in [6, 6.07) is 7.86. The van der Waals surface area contributed by atoms with Crippen molar-refractivity contribution in [2.24, 2.45) is 5.92 Å². The molecule has 1 aliphatic heterocycles. The number of nitriles is 1. The van der Waals surface area contributed by atoms with Crippen LogP contribution in [0.15, 0.2) is 22.7 Å². The number of likely N-dealkylation sites (tertiary alicyclic amines) is 1. The number of halogens is 1. The Hall–Kier alpha value is -1.34. The van der Waals surface area contributed by atoms with E-state index in [0.29, 0.717) is 18.7 Å². The molecule has 4 heteroatoms. The topological polar surface area (TPSA) is 44.1 Å². The molecule has 0 atom stereocenters. The van der Waals surface area contributed by atoms with Gasteiger partial charge in [-0.1, -0.05) is 11.6 Å². The molecule has 1 aromatic rings. The molecule has 1 saturated heterocycles. The minimum absolute atomic E-state index is 0.00192. The van der Waals surface area contributed by atoms with Gasteiger partial charge < -0.3 is 4.90 Å². The third-order valence-corrected chi connectivity index (χ3v) is 3.40. The molecule has 82 valence electrons. The van der Waals surface area contributed by atoms with Crippen LogP contribution in [0.4, 0.5) is 0 Å². The fraction of sp³-hybridized carbons (Fsp3) is 0.333. The third kappa shape index (κ3) is 1.96. The van der Waals surface area contributed by atoms with Gasteiger partial charge in [0, 0.05) is 17.6 Å². The number of aryl methyl sites for hydroxylation is 1. The lowest BCUT2D eigenvalue weighted by Gasteiger charge is -2.35. The number of hydrogen-bond donors (Lipinski definition) is 0. The van der Waals surface area contributed by atoms with Gasteiger partial charge in [-0.25, -0.2) is 0 Å². The molecule has 0 aliphatic carbocycles. The Kier molecular flexibility index (Phi) is 2.97. The normalized spacial score (nSPS) is 15.4. The van der Waals surface area contributed by atoms with Crippen LogP contribution in [0.5, 0.6) is 0 Å². The van der Waals surface area contributed by atoms with E-state index in [9.17, 15) is 4.79 Å². The summed E-state index contributed by atoms with van der Waals surface area (Å²) in [6.45, 7) is 3.06. The fourth-order valence-electron chi connectivity index (χ4n) is 1.70. The van der Waals surface area contributed by atoms with Crippen LogP contribution < -0.4 is 0 Å². The van der Waals surface area contributed by atoms with Crippen LogP contribution in [0.1, 0.15) is 15.9 Å². The van der Waals surface area contributed by atoms with E-state index in [-0.39, 0.29) is 11.8 Å². The van der Waals surface area contributed by atoms with Crippen molar-refractivity contribution >= 4 is 21.8 Å². The Morgan fingerprint density at radius 3 is 2.88 bits per heavy atom.